The third-order valence-electron chi connectivity index (χ3n) is 3.69. The second-order valence-electron chi connectivity index (χ2n) is 5.80. The molecule has 10 heteroatoms. The van der Waals surface area contributed by atoms with E-state index in [-0.39, 0.29) is 16.8 Å². The number of aromatic nitrogens is 1. The fourth-order valence-corrected chi connectivity index (χ4v) is 4.17. The number of aryl methyl sites for hydroxylation is 1. The lowest BCUT2D eigenvalue weighted by Gasteiger charge is -2.08. The quantitative estimate of drug-likeness (QED) is 0.231. The van der Waals surface area contributed by atoms with E-state index in [2.05, 4.69) is 4.98 Å². The highest BCUT2D eigenvalue weighted by Gasteiger charge is 2.21. The number of carbonyl (C=O) groups is 2. The van der Waals surface area contributed by atoms with Crippen molar-refractivity contribution < 1.29 is 23.6 Å². The van der Waals surface area contributed by atoms with Gasteiger partial charge in [-0.2, -0.15) is 0 Å². The Bertz CT molecular complexity index is 1080. The van der Waals surface area contributed by atoms with Crippen LogP contribution in [0.25, 0.3) is 0 Å². The first-order valence-corrected chi connectivity index (χ1v) is 9.87. The Balaban J connectivity index is 1.79. The minimum Gasteiger partial charge on any atom is -0.454 e. The van der Waals surface area contributed by atoms with E-state index in [4.69, 9.17) is 4.74 Å². The van der Waals surface area contributed by atoms with E-state index in [0.717, 1.165) is 23.9 Å². The van der Waals surface area contributed by atoms with Crippen molar-refractivity contribution in [2.45, 2.75) is 16.2 Å². The van der Waals surface area contributed by atoms with Crippen LogP contribution in [0, 0.1) is 22.9 Å². The number of benzene rings is 2. The van der Waals surface area contributed by atoms with Crippen molar-refractivity contribution in [1.29, 1.82) is 0 Å². The Morgan fingerprint density at radius 3 is 2.59 bits per heavy atom. The third-order valence-corrected chi connectivity index (χ3v) is 5.82. The van der Waals surface area contributed by atoms with Crippen molar-refractivity contribution in [3.63, 3.8) is 0 Å². The number of nitro benzene ring substituents is 1. The average Bonchev–Trinajstić information content (AvgIpc) is 3.11. The number of esters is 1. The van der Waals surface area contributed by atoms with E-state index in [1.807, 2.05) is 12.3 Å². The molecule has 0 aliphatic rings. The van der Waals surface area contributed by atoms with Crippen LogP contribution in [0.2, 0.25) is 0 Å². The van der Waals surface area contributed by atoms with Gasteiger partial charge < -0.3 is 4.74 Å². The second kappa shape index (κ2) is 8.93. The maximum absolute atomic E-state index is 13.0. The van der Waals surface area contributed by atoms with Gasteiger partial charge in [-0.15, -0.1) is 11.3 Å². The number of non-ortho nitro benzene ring substituents is 1. The van der Waals surface area contributed by atoms with Gasteiger partial charge in [0, 0.05) is 33.7 Å². The largest absolute Gasteiger partial charge is 0.454 e. The number of ether oxygens (including phenoxy) is 1. The van der Waals surface area contributed by atoms with Crippen molar-refractivity contribution in [2.75, 3.05) is 6.61 Å². The lowest BCUT2D eigenvalue weighted by molar-refractivity contribution is -0.384. The molecule has 148 valence electrons. The SMILES string of the molecule is Cc1csc(Sc2ccc([N+](=O)[O-])cc2C(=O)OCC(=O)c2ccc(F)cc2)n1. The zero-order valence-corrected chi connectivity index (χ0v) is 16.6. The zero-order chi connectivity index (χ0) is 21.0. The summed E-state index contributed by atoms with van der Waals surface area (Å²) in [6.07, 6.45) is 0. The molecule has 0 radical (unpaired) electrons. The highest BCUT2D eigenvalue weighted by Crippen LogP contribution is 2.34. The van der Waals surface area contributed by atoms with E-state index in [1.165, 1.54) is 47.4 Å². The maximum Gasteiger partial charge on any atom is 0.339 e. The fourth-order valence-electron chi connectivity index (χ4n) is 2.28. The molecule has 0 saturated carbocycles. The van der Waals surface area contributed by atoms with E-state index in [0.29, 0.717) is 9.24 Å². The van der Waals surface area contributed by atoms with Gasteiger partial charge in [0.2, 0.25) is 0 Å². The number of hydrogen-bond donors (Lipinski definition) is 0. The minimum absolute atomic E-state index is 0.0380. The van der Waals surface area contributed by atoms with Gasteiger partial charge >= 0.3 is 5.97 Å². The van der Waals surface area contributed by atoms with Gasteiger partial charge in [0.15, 0.2) is 16.7 Å². The molecule has 2 aromatic carbocycles. The molecule has 0 N–H and O–H groups in total. The van der Waals surface area contributed by atoms with Crippen LogP contribution in [0.1, 0.15) is 26.4 Å². The molecule has 0 amide bonds. The van der Waals surface area contributed by atoms with Crippen LogP contribution in [-0.4, -0.2) is 28.3 Å². The van der Waals surface area contributed by atoms with Gasteiger partial charge in [-0.25, -0.2) is 14.2 Å². The fraction of sp³-hybridized carbons (Fsp3) is 0.105. The number of hydrogen-bond acceptors (Lipinski definition) is 8. The number of nitrogens with zero attached hydrogens (tertiary/aromatic N) is 2. The number of Topliss-reactive ketones (excluding diaryl/α,β-unsaturated/α-hetero) is 1. The molecule has 0 unspecified atom stereocenters. The maximum atomic E-state index is 13.0. The number of carbonyl (C=O) groups excluding carboxylic acids is 2. The smallest absolute Gasteiger partial charge is 0.339 e. The number of halogens is 1. The Morgan fingerprint density at radius 1 is 1.24 bits per heavy atom. The van der Waals surface area contributed by atoms with Crippen molar-refractivity contribution in [1.82, 2.24) is 4.98 Å². The molecule has 0 aliphatic carbocycles. The van der Waals surface area contributed by atoms with E-state index < -0.39 is 29.1 Å². The summed E-state index contributed by atoms with van der Waals surface area (Å²) in [4.78, 5) is 39.8. The second-order valence-corrected chi connectivity index (χ2v) is 7.95. The van der Waals surface area contributed by atoms with Gasteiger partial charge in [0.25, 0.3) is 5.69 Å². The summed E-state index contributed by atoms with van der Waals surface area (Å²) in [6, 6.07) is 8.64. The van der Waals surface area contributed by atoms with Crippen LogP contribution in [0.15, 0.2) is 57.1 Å². The van der Waals surface area contributed by atoms with Crippen molar-refractivity contribution >= 4 is 40.5 Å². The predicted molar refractivity (Wildman–Crippen MR) is 105 cm³/mol. The molecule has 0 bridgehead atoms. The molecule has 0 aliphatic heterocycles. The summed E-state index contributed by atoms with van der Waals surface area (Å²) >= 11 is 2.55. The topological polar surface area (TPSA) is 99.4 Å². The molecule has 1 aromatic heterocycles. The predicted octanol–water partition coefficient (Wildman–Crippen LogP) is 4.69. The van der Waals surface area contributed by atoms with Gasteiger partial charge in [0.1, 0.15) is 5.82 Å². The Kier molecular flexibility index (Phi) is 6.35. The van der Waals surface area contributed by atoms with E-state index >= 15 is 0 Å². The summed E-state index contributed by atoms with van der Waals surface area (Å²) in [5.41, 5.74) is 0.685. The number of rotatable bonds is 7. The van der Waals surface area contributed by atoms with Gasteiger partial charge in [-0.1, -0.05) is 11.8 Å². The number of nitro groups is 1. The molecule has 0 atom stereocenters. The lowest BCUT2D eigenvalue weighted by atomic mass is 10.1. The summed E-state index contributed by atoms with van der Waals surface area (Å²) in [5.74, 6) is -1.89. The molecule has 1 heterocycles. The van der Waals surface area contributed by atoms with Gasteiger partial charge in [-0.05, 0) is 37.3 Å². The first-order chi connectivity index (χ1) is 13.8. The van der Waals surface area contributed by atoms with E-state index in [9.17, 15) is 24.1 Å². The Morgan fingerprint density at radius 2 is 1.97 bits per heavy atom. The van der Waals surface area contributed by atoms with Crippen LogP contribution < -0.4 is 0 Å². The van der Waals surface area contributed by atoms with Crippen LogP contribution in [-0.2, 0) is 4.74 Å². The molecule has 0 spiro atoms. The number of ketones is 1. The molecular weight excluding hydrogens is 419 g/mol. The molecule has 29 heavy (non-hydrogen) atoms. The first-order valence-electron chi connectivity index (χ1n) is 8.18. The van der Waals surface area contributed by atoms with Crippen molar-refractivity contribution in [3.05, 3.63) is 80.6 Å². The third kappa shape index (κ3) is 5.24. The van der Waals surface area contributed by atoms with Gasteiger partial charge in [-0.3, -0.25) is 14.9 Å². The zero-order valence-electron chi connectivity index (χ0n) is 15.0. The summed E-state index contributed by atoms with van der Waals surface area (Å²) < 4.78 is 18.7. The van der Waals surface area contributed by atoms with Crippen LogP contribution in [0.5, 0.6) is 0 Å². The van der Waals surface area contributed by atoms with Crippen LogP contribution >= 0.6 is 23.1 Å². The molecule has 3 aromatic rings. The van der Waals surface area contributed by atoms with Crippen molar-refractivity contribution in [2.24, 2.45) is 0 Å². The summed E-state index contributed by atoms with van der Waals surface area (Å²) in [6.45, 7) is 1.25. The average molecular weight is 432 g/mol. The van der Waals surface area contributed by atoms with E-state index in [1.54, 1.807) is 0 Å². The highest BCUT2D eigenvalue weighted by atomic mass is 32.2. The molecule has 0 saturated heterocycles. The number of thiazole rings is 1. The van der Waals surface area contributed by atoms with Crippen LogP contribution in [0.4, 0.5) is 10.1 Å². The van der Waals surface area contributed by atoms with Crippen LogP contribution in [0.3, 0.4) is 0 Å². The monoisotopic (exact) mass is 432 g/mol. The molecule has 0 fully saturated rings. The Hall–Kier alpha value is -3.11. The summed E-state index contributed by atoms with van der Waals surface area (Å²) in [5, 5.41) is 12.9. The molecule has 7 nitrogen and oxygen atoms in total. The lowest BCUT2D eigenvalue weighted by Crippen LogP contribution is -2.15. The Labute approximate surface area is 172 Å². The minimum atomic E-state index is -0.875. The van der Waals surface area contributed by atoms with Gasteiger partial charge in [0.05, 0.1) is 10.5 Å². The molecule has 3 rings (SSSR count). The molecular formula is C19H13FN2O5S2. The normalized spacial score (nSPS) is 10.6. The highest BCUT2D eigenvalue weighted by molar-refractivity contribution is 8.01. The standard InChI is InChI=1S/C19H13FN2O5S2/c1-11-10-28-19(21-11)29-17-7-6-14(22(25)26)8-15(17)18(24)27-9-16(23)12-2-4-13(20)5-3-12/h2-8,10H,9H2,1H3. The summed E-state index contributed by atoms with van der Waals surface area (Å²) in [7, 11) is 0. The van der Waals surface area contributed by atoms with Crippen molar-refractivity contribution in [3.8, 4) is 0 Å². The first kappa shape index (κ1) is 20.6.